The molecule has 13 aromatic rings. The van der Waals surface area contributed by atoms with Crippen LogP contribution in [-0.4, -0.2) is 18.9 Å². The van der Waals surface area contributed by atoms with E-state index in [1.165, 1.54) is 69.0 Å². The lowest BCUT2D eigenvalue weighted by atomic mass is 10.0. The van der Waals surface area contributed by atoms with Crippen LogP contribution in [0, 0.1) is 0 Å². The fourth-order valence-corrected chi connectivity index (χ4v) is 10.4. The average Bonchev–Trinajstić information content (AvgIpc) is 3.84. The number of aromatic nitrogens is 4. The van der Waals surface area contributed by atoms with Crippen LogP contribution in [0.15, 0.2) is 158 Å². The summed E-state index contributed by atoms with van der Waals surface area (Å²) in [5.74, 6) is 0.833. The van der Waals surface area contributed by atoms with Crippen molar-refractivity contribution in [3.05, 3.63) is 158 Å². The standard InChI is InChI=1S/C48H26N4S/c1-2-13-28(14-3-1)44-48(50-45-29-15-5-4-12-27(29)24-25-35(45)49-44)51-37-22-11-18-31-33-20-10-19-32-30-16-6-8-21-36(30)52(46(32)33)47-42-34-17-7-9-23-39(34)53-40(42)26-38(51)43(47)41(31)37/h1-26H. The number of benzene rings is 8. The van der Waals surface area contributed by atoms with Crippen LogP contribution >= 0.6 is 11.3 Å². The van der Waals surface area contributed by atoms with Gasteiger partial charge in [-0.1, -0.05) is 127 Å². The Morgan fingerprint density at radius 1 is 0.434 bits per heavy atom. The lowest BCUT2D eigenvalue weighted by Gasteiger charge is -2.15. The Kier molecular flexibility index (Phi) is 5.22. The van der Waals surface area contributed by atoms with Crippen molar-refractivity contribution in [2.75, 3.05) is 0 Å². The van der Waals surface area contributed by atoms with Crippen LogP contribution in [-0.2, 0) is 0 Å². The lowest BCUT2D eigenvalue weighted by molar-refractivity contribution is 1.08. The van der Waals surface area contributed by atoms with Crippen molar-refractivity contribution < 1.29 is 0 Å². The van der Waals surface area contributed by atoms with E-state index in [1.807, 2.05) is 11.3 Å². The smallest absolute Gasteiger partial charge is 0.165 e. The fraction of sp³-hybridized carbons (Fsp3) is 0. The third-order valence-electron chi connectivity index (χ3n) is 11.4. The number of para-hydroxylation sites is 2. The lowest BCUT2D eigenvalue weighted by Crippen LogP contribution is -2.04. The summed E-state index contributed by atoms with van der Waals surface area (Å²) < 4.78 is 7.53. The Bertz CT molecular complexity index is 3680. The fourth-order valence-electron chi connectivity index (χ4n) is 9.27. The Labute approximate surface area is 305 Å². The highest BCUT2D eigenvalue weighted by Gasteiger charge is 2.27. The van der Waals surface area contributed by atoms with Crippen LogP contribution in [0.4, 0.5) is 0 Å². The van der Waals surface area contributed by atoms with E-state index in [1.54, 1.807) is 0 Å². The van der Waals surface area contributed by atoms with Gasteiger partial charge in [0.05, 0.1) is 38.6 Å². The Hall–Kier alpha value is -6.82. The average molecular weight is 691 g/mol. The van der Waals surface area contributed by atoms with E-state index in [2.05, 4.69) is 167 Å². The second-order valence-corrected chi connectivity index (χ2v) is 15.2. The van der Waals surface area contributed by atoms with Crippen molar-refractivity contribution in [3.8, 4) is 17.1 Å². The van der Waals surface area contributed by atoms with Crippen LogP contribution in [0.1, 0.15) is 0 Å². The summed E-state index contributed by atoms with van der Waals surface area (Å²) in [6.07, 6.45) is 0. The van der Waals surface area contributed by atoms with Gasteiger partial charge in [0.1, 0.15) is 5.69 Å². The minimum absolute atomic E-state index is 0.833. The van der Waals surface area contributed by atoms with Crippen LogP contribution in [0.25, 0.3) is 119 Å². The third-order valence-corrected chi connectivity index (χ3v) is 12.5. The molecule has 0 fully saturated rings. The van der Waals surface area contributed by atoms with Crippen molar-refractivity contribution in [1.82, 2.24) is 18.9 Å². The topological polar surface area (TPSA) is 35.1 Å². The first-order chi connectivity index (χ1) is 26.3. The molecule has 8 aromatic carbocycles. The quantitative estimate of drug-likeness (QED) is 0.169. The summed E-state index contributed by atoms with van der Waals surface area (Å²) in [5, 5.41) is 12.3. The number of rotatable bonds is 2. The number of nitrogens with zero attached hydrogens (tertiary/aromatic N) is 4. The monoisotopic (exact) mass is 690 g/mol. The molecule has 0 saturated heterocycles. The number of thiophene rings is 1. The molecule has 4 nitrogen and oxygen atoms in total. The van der Waals surface area contributed by atoms with E-state index in [0.29, 0.717) is 0 Å². The Balaban J connectivity index is 1.35. The molecule has 5 heterocycles. The molecule has 5 heteroatoms. The van der Waals surface area contributed by atoms with Crippen molar-refractivity contribution in [2.45, 2.75) is 0 Å². The highest BCUT2D eigenvalue weighted by atomic mass is 32.1. The van der Waals surface area contributed by atoms with Crippen molar-refractivity contribution in [1.29, 1.82) is 0 Å². The summed E-state index contributed by atoms with van der Waals surface area (Å²) in [4.78, 5) is 11.1. The Morgan fingerprint density at radius 2 is 1.13 bits per heavy atom. The molecule has 53 heavy (non-hydrogen) atoms. The second-order valence-electron chi connectivity index (χ2n) is 14.1. The molecule has 0 N–H and O–H groups in total. The van der Waals surface area contributed by atoms with Crippen LogP contribution in [0.5, 0.6) is 0 Å². The molecule has 13 rings (SSSR count). The SMILES string of the molecule is c1ccc(-c2nc3ccc4ccccc4c3nc2-n2c3cccc4c5cccc6c7ccccc7n(c56)c5c6c(cc2c5c43)sc2ccccc26)cc1. The highest BCUT2D eigenvalue weighted by molar-refractivity contribution is 7.26. The van der Waals surface area contributed by atoms with E-state index in [9.17, 15) is 0 Å². The maximum absolute atomic E-state index is 5.67. The molecule has 0 aliphatic rings. The number of hydrogen-bond donors (Lipinski definition) is 0. The van der Waals surface area contributed by atoms with Gasteiger partial charge in [-0.25, -0.2) is 9.97 Å². The van der Waals surface area contributed by atoms with Crippen LogP contribution in [0.3, 0.4) is 0 Å². The zero-order valence-corrected chi connectivity index (χ0v) is 29.0. The molecular weight excluding hydrogens is 665 g/mol. The largest absolute Gasteiger partial charge is 0.307 e. The molecule has 0 atom stereocenters. The van der Waals surface area contributed by atoms with Crippen molar-refractivity contribution >= 4 is 113 Å². The first-order valence-electron chi connectivity index (χ1n) is 18.0. The zero-order chi connectivity index (χ0) is 34.4. The molecule has 0 bridgehead atoms. The molecule has 0 aliphatic heterocycles. The molecule has 0 spiro atoms. The zero-order valence-electron chi connectivity index (χ0n) is 28.2. The first kappa shape index (κ1) is 27.8. The van der Waals surface area contributed by atoms with Gasteiger partial charge in [-0.15, -0.1) is 11.3 Å². The van der Waals surface area contributed by atoms with Crippen LogP contribution < -0.4 is 0 Å². The van der Waals surface area contributed by atoms with Gasteiger partial charge in [0.25, 0.3) is 0 Å². The molecule has 0 radical (unpaired) electrons. The van der Waals surface area contributed by atoms with E-state index in [4.69, 9.17) is 9.97 Å². The van der Waals surface area contributed by atoms with Gasteiger partial charge in [0.15, 0.2) is 5.82 Å². The summed E-state index contributed by atoms with van der Waals surface area (Å²) in [7, 11) is 0. The van der Waals surface area contributed by atoms with Gasteiger partial charge in [0.2, 0.25) is 0 Å². The summed E-state index contributed by atoms with van der Waals surface area (Å²) >= 11 is 1.87. The molecule has 244 valence electrons. The first-order valence-corrected chi connectivity index (χ1v) is 18.8. The molecule has 0 unspecified atom stereocenters. The number of fused-ring (bicyclic) bond motifs is 12. The highest BCUT2D eigenvalue weighted by Crippen LogP contribution is 2.49. The van der Waals surface area contributed by atoms with Crippen LogP contribution in [0.2, 0.25) is 0 Å². The van der Waals surface area contributed by atoms with E-state index >= 15 is 0 Å². The predicted molar refractivity (Wildman–Crippen MR) is 224 cm³/mol. The van der Waals surface area contributed by atoms with Gasteiger partial charge in [-0.3, -0.25) is 4.57 Å². The predicted octanol–water partition coefficient (Wildman–Crippen LogP) is 13.1. The van der Waals surface area contributed by atoms with Gasteiger partial charge in [0, 0.05) is 58.1 Å². The number of hydrogen-bond acceptors (Lipinski definition) is 3. The van der Waals surface area contributed by atoms with Crippen molar-refractivity contribution in [2.24, 2.45) is 0 Å². The maximum Gasteiger partial charge on any atom is 0.165 e. The molecule has 0 amide bonds. The molecule has 5 aromatic heterocycles. The van der Waals surface area contributed by atoms with Gasteiger partial charge < -0.3 is 4.40 Å². The van der Waals surface area contributed by atoms with E-state index in [-0.39, 0.29) is 0 Å². The van der Waals surface area contributed by atoms with Crippen molar-refractivity contribution in [3.63, 3.8) is 0 Å². The Morgan fingerprint density at radius 3 is 2.04 bits per heavy atom. The summed E-state index contributed by atoms with van der Waals surface area (Å²) in [6, 6.07) is 57.1. The summed E-state index contributed by atoms with van der Waals surface area (Å²) in [5.41, 5.74) is 9.66. The molecule has 0 saturated carbocycles. The molecule has 0 aliphatic carbocycles. The van der Waals surface area contributed by atoms with Gasteiger partial charge in [-0.05, 0) is 41.1 Å². The molecular formula is C48H26N4S. The second kappa shape index (κ2) is 9.94. The summed E-state index contributed by atoms with van der Waals surface area (Å²) in [6.45, 7) is 0. The van der Waals surface area contributed by atoms with Gasteiger partial charge >= 0.3 is 0 Å². The van der Waals surface area contributed by atoms with Gasteiger partial charge in [-0.2, -0.15) is 0 Å². The normalized spacial score (nSPS) is 12.5. The third kappa shape index (κ3) is 3.50. The van der Waals surface area contributed by atoms with E-state index in [0.717, 1.165) is 49.9 Å². The minimum atomic E-state index is 0.833. The van der Waals surface area contributed by atoms with E-state index < -0.39 is 0 Å². The maximum atomic E-state index is 5.67. The minimum Gasteiger partial charge on any atom is -0.307 e.